The molecule has 2 aliphatic heterocycles. The highest BCUT2D eigenvalue weighted by molar-refractivity contribution is 5.97. The minimum Gasteiger partial charge on any atom is -0.451 e. The van der Waals surface area contributed by atoms with Gasteiger partial charge in [0, 0.05) is 31.6 Å². The van der Waals surface area contributed by atoms with Crippen LogP contribution in [0.4, 0.5) is 0 Å². The molecule has 2 aromatic rings. The van der Waals surface area contributed by atoms with Crippen LogP contribution < -0.4 is 0 Å². The second-order valence-electron chi connectivity index (χ2n) is 7.13. The number of benzene rings is 1. The molecular weight excluding hydrogens is 332 g/mol. The van der Waals surface area contributed by atoms with Crippen LogP contribution in [0.5, 0.6) is 0 Å². The lowest BCUT2D eigenvalue weighted by atomic mass is 9.96. The Morgan fingerprint density at radius 1 is 1.12 bits per heavy atom. The summed E-state index contributed by atoms with van der Waals surface area (Å²) in [6.45, 7) is 5.59. The standard InChI is InChI=1S/C20H24N2O4/c1-14-4-2-5-15-12-17(26-18(14)15)20(24)22-7-3-6-16(13-22)19(23)21-8-10-25-11-9-21/h2,4-5,12,16H,3,6-11,13H2,1H3. The first-order chi connectivity index (χ1) is 12.6. The van der Waals surface area contributed by atoms with Crippen LogP contribution in [0.15, 0.2) is 28.7 Å². The molecule has 2 saturated heterocycles. The molecule has 0 spiro atoms. The van der Waals surface area contributed by atoms with E-state index in [1.165, 1.54) is 0 Å². The average molecular weight is 356 g/mol. The fourth-order valence-corrected chi connectivity index (χ4v) is 3.88. The van der Waals surface area contributed by atoms with Crippen LogP contribution in [0.2, 0.25) is 0 Å². The van der Waals surface area contributed by atoms with Crippen LogP contribution in [-0.2, 0) is 9.53 Å². The third kappa shape index (κ3) is 3.21. The van der Waals surface area contributed by atoms with Crippen molar-refractivity contribution in [1.82, 2.24) is 9.80 Å². The number of aryl methyl sites for hydroxylation is 1. The summed E-state index contributed by atoms with van der Waals surface area (Å²) < 4.78 is 11.1. The summed E-state index contributed by atoms with van der Waals surface area (Å²) in [6.07, 6.45) is 1.67. The Balaban J connectivity index is 1.48. The number of hydrogen-bond donors (Lipinski definition) is 0. The minimum atomic E-state index is -0.128. The van der Waals surface area contributed by atoms with Crippen molar-refractivity contribution in [1.29, 1.82) is 0 Å². The predicted octanol–water partition coefficient (Wildman–Crippen LogP) is 2.45. The van der Waals surface area contributed by atoms with Crippen LogP contribution in [0.1, 0.15) is 29.0 Å². The molecule has 2 fully saturated rings. The maximum atomic E-state index is 12.9. The van der Waals surface area contributed by atoms with E-state index in [1.807, 2.05) is 30.0 Å². The predicted molar refractivity (Wildman–Crippen MR) is 97.0 cm³/mol. The van der Waals surface area contributed by atoms with Gasteiger partial charge in [0.1, 0.15) is 5.58 Å². The van der Waals surface area contributed by atoms with Crippen molar-refractivity contribution < 1.29 is 18.7 Å². The Kier molecular flexibility index (Phi) is 4.68. The second kappa shape index (κ2) is 7.11. The average Bonchev–Trinajstić information content (AvgIpc) is 3.13. The Hall–Kier alpha value is -2.34. The Morgan fingerprint density at radius 3 is 2.69 bits per heavy atom. The van der Waals surface area contributed by atoms with Gasteiger partial charge in [-0.15, -0.1) is 0 Å². The van der Waals surface area contributed by atoms with Gasteiger partial charge in [-0.3, -0.25) is 9.59 Å². The number of furan rings is 1. The van der Waals surface area contributed by atoms with E-state index in [2.05, 4.69) is 0 Å². The van der Waals surface area contributed by atoms with E-state index >= 15 is 0 Å². The molecule has 26 heavy (non-hydrogen) atoms. The number of piperidine rings is 1. The quantitative estimate of drug-likeness (QED) is 0.829. The maximum Gasteiger partial charge on any atom is 0.289 e. The van der Waals surface area contributed by atoms with Crippen LogP contribution in [0.25, 0.3) is 11.0 Å². The highest BCUT2D eigenvalue weighted by atomic mass is 16.5. The molecule has 1 aromatic heterocycles. The highest BCUT2D eigenvalue weighted by Crippen LogP contribution is 2.26. The number of amides is 2. The number of para-hydroxylation sites is 1. The number of hydrogen-bond acceptors (Lipinski definition) is 4. The fourth-order valence-electron chi connectivity index (χ4n) is 3.88. The van der Waals surface area contributed by atoms with Gasteiger partial charge in [0.2, 0.25) is 5.91 Å². The monoisotopic (exact) mass is 356 g/mol. The zero-order valence-electron chi connectivity index (χ0n) is 15.1. The van der Waals surface area contributed by atoms with Crippen LogP contribution in [-0.4, -0.2) is 61.0 Å². The highest BCUT2D eigenvalue weighted by Gasteiger charge is 2.33. The molecule has 0 N–H and O–H groups in total. The van der Waals surface area contributed by atoms with Crippen LogP contribution in [0, 0.1) is 12.8 Å². The van der Waals surface area contributed by atoms with Crippen molar-refractivity contribution in [2.24, 2.45) is 5.92 Å². The van der Waals surface area contributed by atoms with Crippen LogP contribution >= 0.6 is 0 Å². The van der Waals surface area contributed by atoms with Gasteiger partial charge in [-0.05, 0) is 31.4 Å². The topological polar surface area (TPSA) is 63.0 Å². The van der Waals surface area contributed by atoms with Gasteiger partial charge in [-0.2, -0.15) is 0 Å². The number of ether oxygens (including phenoxy) is 1. The number of carbonyl (C=O) groups is 2. The molecule has 1 aromatic carbocycles. The summed E-state index contributed by atoms with van der Waals surface area (Å²) in [6, 6.07) is 7.68. The maximum absolute atomic E-state index is 12.9. The van der Waals surface area contributed by atoms with Crippen molar-refractivity contribution >= 4 is 22.8 Å². The van der Waals surface area contributed by atoms with E-state index < -0.39 is 0 Å². The molecule has 1 atom stereocenters. The molecule has 0 saturated carbocycles. The summed E-state index contributed by atoms with van der Waals surface area (Å²) in [7, 11) is 0. The van der Waals surface area contributed by atoms with E-state index in [0.717, 1.165) is 29.4 Å². The summed E-state index contributed by atoms with van der Waals surface area (Å²) >= 11 is 0. The first kappa shape index (κ1) is 17.1. The number of likely N-dealkylation sites (tertiary alicyclic amines) is 1. The lowest BCUT2D eigenvalue weighted by Gasteiger charge is -2.35. The van der Waals surface area contributed by atoms with Gasteiger partial charge in [0.05, 0.1) is 19.1 Å². The molecule has 0 bridgehead atoms. The van der Waals surface area contributed by atoms with Gasteiger partial charge in [-0.25, -0.2) is 0 Å². The summed E-state index contributed by atoms with van der Waals surface area (Å²) in [5, 5.41) is 0.936. The van der Waals surface area contributed by atoms with E-state index in [0.29, 0.717) is 45.2 Å². The van der Waals surface area contributed by atoms with Crippen molar-refractivity contribution in [2.45, 2.75) is 19.8 Å². The van der Waals surface area contributed by atoms with Crippen molar-refractivity contribution in [3.05, 3.63) is 35.6 Å². The van der Waals surface area contributed by atoms with Gasteiger partial charge < -0.3 is 19.0 Å². The molecule has 2 amide bonds. The Labute approximate surface area is 152 Å². The third-order valence-electron chi connectivity index (χ3n) is 5.33. The Bertz CT molecular complexity index is 822. The third-order valence-corrected chi connectivity index (χ3v) is 5.33. The second-order valence-corrected chi connectivity index (χ2v) is 7.13. The zero-order valence-corrected chi connectivity index (χ0v) is 15.1. The largest absolute Gasteiger partial charge is 0.451 e. The molecule has 2 aliphatic rings. The molecule has 138 valence electrons. The molecule has 1 unspecified atom stereocenters. The first-order valence-corrected chi connectivity index (χ1v) is 9.28. The molecule has 6 nitrogen and oxygen atoms in total. The number of carbonyl (C=O) groups excluding carboxylic acids is 2. The van der Waals surface area contributed by atoms with Crippen LogP contribution in [0.3, 0.4) is 0 Å². The number of morpholine rings is 1. The zero-order chi connectivity index (χ0) is 18.1. The first-order valence-electron chi connectivity index (χ1n) is 9.28. The van der Waals surface area contributed by atoms with E-state index in [9.17, 15) is 9.59 Å². The number of rotatable bonds is 2. The molecule has 6 heteroatoms. The lowest BCUT2D eigenvalue weighted by Crippen LogP contribution is -2.49. The minimum absolute atomic E-state index is 0.125. The Morgan fingerprint density at radius 2 is 1.92 bits per heavy atom. The fraction of sp³-hybridized carbons (Fsp3) is 0.500. The number of nitrogens with zero attached hydrogens (tertiary/aromatic N) is 2. The summed E-state index contributed by atoms with van der Waals surface area (Å²) in [5.74, 6) is 0.247. The number of fused-ring (bicyclic) bond motifs is 1. The molecule has 0 radical (unpaired) electrons. The normalized spacial score (nSPS) is 21.2. The van der Waals surface area contributed by atoms with E-state index in [-0.39, 0.29) is 17.7 Å². The SMILES string of the molecule is Cc1cccc2cc(C(=O)N3CCCC(C(=O)N4CCOCC4)C3)oc12. The summed E-state index contributed by atoms with van der Waals surface area (Å²) in [4.78, 5) is 29.3. The van der Waals surface area contributed by atoms with Gasteiger partial charge >= 0.3 is 0 Å². The van der Waals surface area contributed by atoms with Gasteiger partial charge in [0.15, 0.2) is 5.76 Å². The van der Waals surface area contributed by atoms with Gasteiger partial charge in [0.25, 0.3) is 5.91 Å². The molecule has 0 aliphatic carbocycles. The van der Waals surface area contributed by atoms with Crippen molar-refractivity contribution in [3.63, 3.8) is 0 Å². The molecule has 3 heterocycles. The lowest BCUT2D eigenvalue weighted by molar-refractivity contribution is -0.141. The van der Waals surface area contributed by atoms with E-state index in [1.54, 1.807) is 11.0 Å². The van der Waals surface area contributed by atoms with E-state index in [4.69, 9.17) is 9.15 Å². The summed E-state index contributed by atoms with van der Waals surface area (Å²) in [5.41, 5.74) is 1.77. The van der Waals surface area contributed by atoms with Crippen molar-refractivity contribution in [2.75, 3.05) is 39.4 Å². The smallest absolute Gasteiger partial charge is 0.289 e. The van der Waals surface area contributed by atoms with Gasteiger partial charge in [-0.1, -0.05) is 18.2 Å². The molecule has 4 rings (SSSR count). The van der Waals surface area contributed by atoms with Crippen molar-refractivity contribution in [3.8, 4) is 0 Å². The molecular formula is C20H24N2O4.